The van der Waals surface area contributed by atoms with Crippen molar-refractivity contribution < 1.29 is 16.8 Å². The van der Waals surface area contributed by atoms with Crippen molar-refractivity contribution in [1.29, 1.82) is 0 Å². The van der Waals surface area contributed by atoms with Crippen LogP contribution in [0.3, 0.4) is 0 Å². The van der Waals surface area contributed by atoms with Gasteiger partial charge in [0.15, 0.2) is 0 Å². The number of nitrogens with one attached hydrogen (secondary N) is 1. The van der Waals surface area contributed by atoms with E-state index in [1.165, 1.54) is 12.1 Å². The van der Waals surface area contributed by atoms with Gasteiger partial charge in [-0.25, -0.2) is 22.0 Å². The van der Waals surface area contributed by atoms with Crippen molar-refractivity contribution in [3.63, 3.8) is 0 Å². The van der Waals surface area contributed by atoms with Crippen molar-refractivity contribution in [2.45, 2.75) is 36.0 Å². The molecule has 24 heavy (non-hydrogen) atoms. The second kappa shape index (κ2) is 7.33. The van der Waals surface area contributed by atoms with E-state index in [-0.39, 0.29) is 9.79 Å². The third-order valence-electron chi connectivity index (χ3n) is 3.49. The highest BCUT2D eigenvalue weighted by molar-refractivity contribution is 7.92. The summed E-state index contributed by atoms with van der Waals surface area (Å²) in [7, 11) is -7.64. The molecule has 0 aliphatic heterocycles. The zero-order chi connectivity index (χ0) is 17.8. The molecule has 2 aromatic carbocycles. The number of primary sulfonamides is 1. The average molecular weight is 368 g/mol. The van der Waals surface area contributed by atoms with E-state index in [0.29, 0.717) is 5.69 Å². The molecule has 0 bridgehead atoms. The first kappa shape index (κ1) is 18.4. The Balaban J connectivity index is 2.16. The standard InChI is InChI=1S/C16H20N2O4S2/c1-2-3-4-13-5-7-14(8-6-13)18-24(21,22)16-11-9-15(10-12-16)23(17,19)20/h5-12,18H,2-4H2,1H3,(H2,17,19,20). The second-order valence-electron chi connectivity index (χ2n) is 5.42. The number of benzene rings is 2. The SMILES string of the molecule is CCCCc1ccc(NS(=O)(=O)c2ccc(S(N)(=O)=O)cc2)cc1. The molecule has 0 aliphatic carbocycles. The van der Waals surface area contributed by atoms with E-state index in [9.17, 15) is 16.8 Å². The first-order chi connectivity index (χ1) is 11.2. The van der Waals surface area contributed by atoms with Crippen LogP contribution in [0, 0.1) is 0 Å². The molecule has 0 aliphatic rings. The number of rotatable bonds is 7. The van der Waals surface area contributed by atoms with Crippen LogP contribution in [-0.4, -0.2) is 16.8 Å². The fourth-order valence-electron chi connectivity index (χ4n) is 2.14. The van der Waals surface area contributed by atoms with E-state index < -0.39 is 20.0 Å². The smallest absolute Gasteiger partial charge is 0.261 e. The molecule has 6 nitrogen and oxygen atoms in total. The summed E-state index contributed by atoms with van der Waals surface area (Å²) in [6.45, 7) is 2.11. The molecule has 0 fully saturated rings. The zero-order valence-corrected chi connectivity index (χ0v) is 14.9. The molecule has 8 heteroatoms. The molecule has 0 heterocycles. The summed E-state index contributed by atoms with van der Waals surface area (Å²) in [5.74, 6) is 0. The van der Waals surface area contributed by atoms with Crippen LogP contribution in [0.5, 0.6) is 0 Å². The molecule has 0 spiro atoms. The van der Waals surface area contributed by atoms with Crippen molar-refractivity contribution in [1.82, 2.24) is 0 Å². The van der Waals surface area contributed by atoms with Gasteiger partial charge < -0.3 is 0 Å². The van der Waals surface area contributed by atoms with E-state index in [1.807, 2.05) is 12.1 Å². The Morgan fingerprint density at radius 2 is 1.42 bits per heavy atom. The van der Waals surface area contributed by atoms with Crippen LogP contribution >= 0.6 is 0 Å². The van der Waals surface area contributed by atoms with Crippen LogP contribution < -0.4 is 9.86 Å². The minimum Gasteiger partial charge on any atom is -0.280 e. The van der Waals surface area contributed by atoms with E-state index in [0.717, 1.165) is 37.0 Å². The highest BCUT2D eigenvalue weighted by Crippen LogP contribution is 2.19. The van der Waals surface area contributed by atoms with Gasteiger partial charge in [0.25, 0.3) is 10.0 Å². The van der Waals surface area contributed by atoms with Gasteiger partial charge in [0.2, 0.25) is 10.0 Å². The molecule has 2 aromatic rings. The molecule has 2 rings (SSSR count). The second-order valence-corrected chi connectivity index (χ2v) is 8.67. The van der Waals surface area contributed by atoms with Crippen LogP contribution in [0.2, 0.25) is 0 Å². The fourth-order valence-corrected chi connectivity index (χ4v) is 3.72. The number of hydrogen-bond donors (Lipinski definition) is 2. The number of hydrogen-bond acceptors (Lipinski definition) is 4. The number of nitrogens with two attached hydrogens (primary N) is 1. The number of anilines is 1. The van der Waals surface area contributed by atoms with Gasteiger partial charge in [-0.15, -0.1) is 0 Å². The molecule has 0 saturated heterocycles. The van der Waals surface area contributed by atoms with Gasteiger partial charge in [0, 0.05) is 5.69 Å². The van der Waals surface area contributed by atoms with Crippen LogP contribution in [0.15, 0.2) is 58.3 Å². The third-order valence-corrected chi connectivity index (χ3v) is 5.81. The highest BCUT2D eigenvalue weighted by Gasteiger charge is 2.16. The van der Waals surface area contributed by atoms with Gasteiger partial charge in [0.05, 0.1) is 9.79 Å². The first-order valence-electron chi connectivity index (χ1n) is 7.47. The summed E-state index contributed by atoms with van der Waals surface area (Å²) < 4.78 is 49.5. The molecular weight excluding hydrogens is 348 g/mol. The van der Waals surface area contributed by atoms with Gasteiger partial charge in [-0.1, -0.05) is 25.5 Å². The van der Waals surface area contributed by atoms with Crippen LogP contribution in [-0.2, 0) is 26.5 Å². The fraction of sp³-hybridized carbons (Fsp3) is 0.250. The summed E-state index contributed by atoms with van der Waals surface area (Å²) in [5.41, 5.74) is 1.60. The summed E-state index contributed by atoms with van der Waals surface area (Å²) in [6, 6.07) is 11.9. The van der Waals surface area contributed by atoms with Crippen molar-refractivity contribution >= 4 is 25.7 Å². The summed E-state index contributed by atoms with van der Waals surface area (Å²) in [4.78, 5) is -0.174. The highest BCUT2D eigenvalue weighted by atomic mass is 32.2. The van der Waals surface area contributed by atoms with Crippen molar-refractivity contribution in [2.24, 2.45) is 5.14 Å². The van der Waals surface area contributed by atoms with Crippen molar-refractivity contribution in [3.8, 4) is 0 Å². The maximum atomic E-state index is 12.3. The average Bonchev–Trinajstić information content (AvgIpc) is 2.53. The first-order valence-corrected chi connectivity index (χ1v) is 10.5. The summed E-state index contributed by atoms with van der Waals surface area (Å²) in [5, 5.41) is 5.00. The Kier molecular flexibility index (Phi) is 5.63. The lowest BCUT2D eigenvalue weighted by atomic mass is 10.1. The molecule has 0 atom stereocenters. The molecule has 0 aromatic heterocycles. The number of sulfonamides is 2. The molecule has 0 unspecified atom stereocenters. The largest absolute Gasteiger partial charge is 0.280 e. The molecule has 3 N–H and O–H groups in total. The quantitative estimate of drug-likeness (QED) is 0.783. The van der Waals surface area contributed by atoms with Crippen molar-refractivity contribution in [3.05, 3.63) is 54.1 Å². The molecule has 130 valence electrons. The van der Waals surface area contributed by atoms with Gasteiger partial charge in [-0.05, 0) is 54.8 Å². The lowest BCUT2D eigenvalue weighted by Gasteiger charge is -2.09. The Morgan fingerprint density at radius 3 is 1.92 bits per heavy atom. The monoisotopic (exact) mass is 368 g/mol. The van der Waals surface area contributed by atoms with Gasteiger partial charge in [0.1, 0.15) is 0 Å². The minimum atomic E-state index is -3.85. The lowest BCUT2D eigenvalue weighted by molar-refractivity contribution is 0.595. The predicted octanol–water partition coefficient (Wildman–Crippen LogP) is 2.48. The topological polar surface area (TPSA) is 106 Å². The molecule has 0 radical (unpaired) electrons. The molecule has 0 amide bonds. The van der Waals surface area contributed by atoms with E-state index in [4.69, 9.17) is 5.14 Å². The number of unbranched alkanes of at least 4 members (excludes halogenated alkanes) is 1. The van der Waals surface area contributed by atoms with E-state index in [2.05, 4.69) is 11.6 Å². The Hall–Kier alpha value is -1.90. The van der Waals surface area contributed by atoms with Crippen molar-refractivity contribution in [2.75, 3.05) is 4.72 Å². The Morgan fingerprint density at radius 1 is 0.875 bits per heavy atom. The van der Waals surface area contributed by atoms with Crippen LogP contribution in [0.4, 0.5) is 5.69 Å². The molecule has 0 saturated carbocycles. The van der Waals surface area contributed by atoms with Gasteiger partial charge >= 0.3 is 0 Å². The van der Waals surface area contributed by atoms with E-state index >= 15 is 0 Å². The summed E-state index contributed by atoms with van der Waals surface area (Å²) in [6.07, 6.45) is 3.14. The normalized spacial score (nSPS) is 12.1. The summed E-state index contributed by atoms with van der Waals surface area (Å²) >= 11 is 0. The van der Waals surface area contributed by atoms with Crippen LogP contribution in [0.25, 0.3) is 0 Å². The Labute approximate surface area is 142 Å². The number of aryl methyl sites for hydroxylation is 1. The van der Waals surface area contributed by atoms with Crippen LogP contribution in [0.1, 0.15) is 25.3 Å². The maximum Gasteiger partial charge on any atom is 0.261 e. The Bertz CT molecular complexity index is 888. The van der Waals surface area contributed by atoms with E-state index in [1.54, 1.807) is 12.1 Å². The molecular formula is C16H20N2O4S2. The van der Waals surface area contributed by atoms with Gasteiger partial charge in [-0.3, -0.25) is 4.72 Å². The maximum absolute atomic E-state index is 12.3. The zero-order valence-electron chi connectivity index (χ0n) is 13.3. The third kappa shape index (κ3) is 4.80. The predicted molar refractivity (Wildman–Crippen MR) is 93.7 cm³/mol. The minimum absolute atomic E-state index is 0.0371. The lowest BCUT2D eigenvalue weighted by Crippen LogP contribution is -2.15. The van der Waals surface area contributed by atoms with Gasteiger partial charge in [-0.2, -0.15) is 0 Å².